The van der Waals surface area contributed by atoms with Crippen LogP contribution in [0.25, 0.3) is 0 Å². The van der Waals surface area contributed by atoms with E-state index in [-0.39, 0.29) is 27.0 Å². The summed E-state index contributed by atoms with van der Waals surface area (Å²) in [6, 6.07) is 6.04. The molecule has 1 aromatic heterocycles. The second kappa shape index (κ2) is 6.95. The van der Waals surface area contributed by atoms with E-state index in [9.17, 15) is 4.79 Å². The van der Waals surface area contributed by atoms with Crippen molar-refractivity contribution in [3.8, 4) is 5.75 Å². The zero-order valence-electron chi connectivity index (χ0n) is 13.4. The molecule has 0 N–H and O–H groups in total. The Bertz CT molecular complexity index is 748. The average Bonchev–Trinajstić information content (AvgIpc) is 2.97. The maximum absolute atomic E-state index is 11.9. The van der Waals surface area contributed by atoms with Gasteiger partial charge < -0.3 is 14.4 Å². The second-order valence-corrected chi connectivity index (χ2v) is 5.82. The van der Waals surface area contributed by atoms with Crippen molar-refractivity contribution in [3.05, 3.63) is 42.3 Å². The van der Waals surface area contributed by atoms with Crippen molar-refractivity contribution in [3.63, 3.8) is 0 Å². The third kappa shape index (κ3) is 3.19. The van der Waals surface area contributed by atoms with Gasteiger partial charge in [-0.3, -0.25) is 11.3 Å². The van der Waals surface area contributed by atoms with Crippen molar-refractivity contribution in [2.75, 3.05) is 25.1 Å². The van der Waals surface area contributed by atoms with Crippen molar-refractivity contribution in [2.45, 2.75) is 19.6 Å². The number of fused-ring (bicyclic) bond motifs is 2. The summed E-state index contributed by atoms with van der Waals surface area (Å²) in [5.74, 6) is 1.71. The van der Waals surface area contributed by atoms with Crippen molar-refractivity contribution < 1.29 is 30.6 Å². The standard InChI is InChI=1S/C16H18N5O2.W/c1-19-13-8-12(2-3-14(13)23-7-4-16(19)22)9-20-5-6-21-15(10-20)17-11-18-21;/h2-4,8,11H,5-7,9-10H2,1H3;/q-1;. The Kier molecular flexibility index (Phi) is 4.92. The van der Waals surface area contributed by atoms with Crippen molar-refractivity contribution in [2.24, 2.45) is 0 Å². The monoisotopic (exact) mass is 496 g/mol. The van der Waals surface area contributed by atoms with Crippen LogP contribution >= 0.6 is 0 Å². The molecule has 8 heteroatoms. The number of carbonyl (C=O) groups excluding carboxylic acids is 1. The van der Waals surface area contributed by atoms with Gasteiger partial charge in [0, 0.05) is 41.2 Å². The van der Waals surface area contributed by atoms with E-state index in [2.05, 4.69) is 21.0 Å². The van der Waals surface area contributed by atoms with E-state index < -0.39 is 0 Å². The van der Waals surface area contributed by atoms with Crippen LogP contribution in [-0.2, 0) is 45.5 Å². The first-order valence-corrected chi connectivity index (χ1v) is 7.66. The molecule has 1 aromatic carbocycles. The Morgan fingerprint density at radius 2 is 2.21 bits per heavy atom. The maximum Gasteiger partial charge on any atom is 0.141 e. The van der Waals surface area contributed by atoms with E-state index in [1.165, 1.54) is 0 Å². The van der Waals surface area contributed by atoms with Crippen LogP contribution in [0.1, 0.15) is 11.4 Å². The summed E-state index contributed by atoms with van der Waals surface area (Å²) in [4.78, 5) is 20.2. The molecule has 0 saturated heterocycles. The van der Waals surface area contributed by atoms with Crippen molar-refractivity contribution in [1.82, 2.24) is 19.7 Å². The molecule has 3 heterocycles. The van der Waals surface area contributed by atoms with Crippen LogP contribution < -0.4 is 9.64 Å². The predicted octanol–water partition coefficient (Wildman–Crippen LogP) is 0.851. The molecule has 0 fully saturated rings. The topological polar surface area (TPSA) is 63.5 Å². The number of carbonyl (C=O) groups is 1. The average molecular weight is 496 g/mol. The van der Waals surface area contributed by atoms with Gasteiger partial charge in [-0.1, -0.05) is 6.07 Å². The smallest absolute Gasteiger partial charge is 0.141 e. The molecule has 0 bridgehead atoms. The third-order valence-electron chi connectivity index (χ3n) is 4.31. The van der Waals surface area contributed by atoms with Gasteiger partial charge in [0.2, 0.25) is 0 Å². The fourth-order valence-corrected chi connectivity index (χ4v) is 3.01. The van der Waals surface area contributed by atoms with Gasteiger partial charge in [0.25, 0.3) is 0 Å². The van der Waals surface area contributed by atoms with Gasteiger partial charge in [-0.2, -0.15) is 5.10 Å². The Morgan fingerprint density at radius 1 is 1.33 bits per heavy atom. The molecule has 0 spiro atoms. The van der Waals surface area contributed by atoms with E-state index in [0.29, 0.717) is 6.61 Å². The fourth-order valence-electron chi connectivity index (χ4n) is 3.01. The van der Waals surface area contributed by atoms with Gasteiger partial charge in [0.05, 0.1) is 24.7 Å². The molecule has 0 radical (unpaired) electrons. The summed E-state index contributed by atoms with van der Waals surface area (Å²) in [5, 5.41) is 4.20. The Balaban J connectivity index is 0.00000169. The summed E-state index contributed by atoms with van der Waals surface area (Å²) >= 11 is 0. The molecule has 2 aliphatic rings. The number of anilines is 1. The van der Waals surface area contributed by atoms with E-state index in [0.717, 1.165) is 49.0 Å². The van der Waals surface area contributed by atoms with Gasteiger partial charge in [-0.25, -0.2) is 9.67 Å². The molecular weight excluding hydrogens is 478 g/mol. The molecule has 4 rings (SSSR count). The van der Waals surface area contributed by atoms with E-state index in [1.807, 2.05) is 16.8 Å². The first-order chi connectivity index (χ1) is 11.2. The fraction of sp³-hybridized carbons (Fsp3) is 0.375. The largest absolute Gasteiger partial charge is 0.520 e. The Morgan fingerprint density at radius 3 is 3.08 bits per heavy atom. The SMILES string of the molecule is CN1C(=O)[CH-]COc2ccc(CN3CCn4ncnc4C3)cc21.[W]. The maximum atomic E-state index is 11.9. The van der Waals surface area contributed by atoms with Crippen molar-refractivity contribution >= 4 is 11.6 Å². The molecule has 126 valence electrons. The molecule has 24 heavy (non-hydrogen) atoms. The number of hydrogen-bond donors (Lipinski definition) is 0. The quantitative estimate of drug-likeness (QED) is 0.578. The molecular formula is C16H18N5O2W-. The zero-order valence-corrected chi connectivity index (χ0v) is 16.3. The molecule has 0 atom stereocenters. The van der Waals surface area contributed by atoms with E-state index >= 15 is 0 Å². The number of amides is 1. The normalized spacial score (nSPS) is 17.0. The number of ether oxygens (including phenoxy) is 1. The number of benzene rings is 1. The Hall–Kier alpha value is -1.85. The van der Waals surface area contributed by atoms with Crippen LogP contribution in [-0.4, -0.2) is 45.8 Å². The minimum atomic E-state index is -0.0352. The summed E-state index contributed by atoms with van der Waals surface area (Å²) in [5.41, 5.74) is 1.98. The van der Waals surface area contributed by atoms with Crippen LogP contribution in [0.15, 0.2) is 24.5 Å². The molecule has 0 saturated carbocycles. The molecule has 1 amide bonds. The van der Waals surface area contributed by atoms with E-state index in [1.54, 1.807) is 24.7 Å². The van der Waals surface area contributed by atoms with Gasteiger partial charge in [-0.15, -0.1) is 0 Å². The molecule has 0 aliphatic carbocycles. The first-order valence-electron chi connectivity index (χ1n) is 7.66. The minimum absolute atomic E-state index is 0. The van der Waals surface area contributed by atoms with Gasteiger partial charge >= 0.3 is 0 Å². The van der Waals surface area contributed by atoms with Gasteiger partial charge in [0.1, 0.15) is 17.9 Å². The van der Waals surface area contributed by atoms with Crippen LogP contribution in [0.3, 0.4) is 0 Å². The van der Waals surface area contributed by atoms with Crippen LogP contribution in [0.4, 0.5) is 5.69 Å². The summed E-state index contributed by atoms with van der Waals surface area (Å²) in [6.45, 7) is 3.71. The first kappa shape index (κ1) is 17.0. The second-order valence-electron chi connectivity index (χ2n) is 5.82. The number of hydrogen-bond acceptors (Lipinski definition) is 5. The van der Waals surface area contributed by atoms with Crippen LogP contribution in [0, 0.1) is 6.42 Å². The van der Waals surface area contributed by atoms with Gasteiger partial charge in [0.15, 0.2) is 0 Å². The summed E-state index contributed by atoms with van der Waals surface area (Å²) in [7, 11) is 1.78. The number of nitrogens with zero attached hydrogens (tertiary/aromatic N) is 5. The summed E-state index contributed by atoms with van der Waals surface area (Å²) in [6.07, 6.45) is 3.16. The third-order valence-corrected chi connectivity index (χ3v) is 4.31. The molecule has 0 unspecified atom stereocenters. The van der Waals surface area contributed by atoms with Crippen LogP contribution in [0.2, 0.25) is 0 Å². The zero-order chi connectivity index (χ0) is 15.8. The van der Waals surface area contributed by atoms with Crippen molar-refractivity contribution in [1.29, 1.82) is 0 Å². The number of aromatic nitrogens is 3. The van der Waals surface area contributed by atoms with Gasteiger partial charge in [-0.05, 0) is 24.3 Å². The minimum Gasteiger partial charge on any atom is -0.520 e. The molecule has 7 nitrogen and oxygen atoms in total. The van der Waals surface area contributed by atoms with E-state index in [4.69, 9.17) is 4.74 Å². The van der Waals surface area contributed by atoms with Crippen LogP contribution in [0.5, 0.6) is 5.75 Å². The Labute approximate surface area is 154 Å². The molecule has 2 aliphatic heterocycles. The molecule has 2 aromatic rings. The summed E-state index contributed by atoms with van der Waals surface area (Å²) < 4.78 is 7.57. The number of rotatable bonds is 2. The predicted molar refractivity (Wildman–Crippen MR) is 83.8 cm³/mol.